The van der Waals surface area contributed by atoms with Crippen LogP contribution < -0.4 is 5.63 Å². The minimum absolute atomic E-state index is 0.178. The first-order valence-electron chi connectivity index (χ1n) is 9.92. The number of nitrogens with zero attached hydrogens (tertiary/aromatic N) is 1. The maximum atomic E-state index is 12.9. The van der Waals surface area contributed by atoms with E-state index in [1.54, 1.807) is 0 Å². The number of rotatable bonds is 4. The van der Waals surface area contributed by atoms with E-state index in [0.29, 0.717) is 23.7 Å². The topological polar surface area (TPSA) is 66.3 Å². The first-order chi connectivity index (χ1) is 13.4. The van der Waals surface area contributed by atoms with Crippen molar-refractivity contribution in [3.63, 3.8) is 0 Å². The average molecular weight is 376 g/mol. The Labute approximate surface area is 163 Å². The summed E-state index contributed by atoms with van der Waals surface area (Å²) in [4.78, 5) is 30.5. The second kappa shape index (κ2) is 6.09. The summed E-state index contributed by atoms with van der Waals surface area (Å²) in [5.74, 6) is 1.04. The van der Waals surface area contributed by atoms with Crippen LogP contribution in [0.25, 0.3) is 10.9 Å². The van der Waals surface area contributed by atoms with E-state index in [9.17, 15) is 9.59 Å². The number of aromatic amines is 1. The molecule has 1 aromatic carbocycles. The number of piperidine rings is 1. The number of para-hydroxylation sites is 1. The first kappa shape index (κ1) is 17.3. The third-order valence-electron chi connectivity index (χ3n) is 6.55. The SMILES string of the molecule is Cc1cc(CCc2c[nH]c3ccccc23)oc(=O)c1C(=O)N1C[C@@H]2C[C@]2(C)C1. The predicted molar refractivity (Wildman–Crippen MR) is 108 cm³/mol. The van der Waals surface area contributed by atoms with Crippen LogP contribution in [0.4, 0.5) is 0 Å². The highest BCUT2D eigenvalue weighted by Crippen LogP contribution is 2.57. The molecule has 2 aliphatic rings. The lowest BCUT2D eigenvalue weighted by Gasteiger charge is -2.20. The summed E-state index contributed by atoms with van der Waals surface area (Å²) in [6.07, 6.45) is 4.59. The molecule has 0 radical (unpaired) electrons. The molecular weight excluding hydrogens is 352 g/mol. The Hall–Kier alpha value is -2.82. The minimum atomic E-state index is -0.510. The van der Waals surface area contributed by atoms with Crippen LogP contribution in [0.15, 0.2) is 45.7 Å². The van der Waals surface area contributed by atoms with Crippen LogP contribution in [0.5, 0.6) is 0 Å². The summed E-state index contributed by atoms with van der Waals surface area (Å²) >= 11 is 0. The number of aromatic nitrogens is 1. The molecule has 1 saturated heterocycles. The van der Waals surface area contributed by atoms with Gasteiger partial charge in [0.1, 0.15) is 11.3 Å². The van der Waals surface area contributed by atoms with Crippen LogP contribution in [-0.4, -0.2) is 28.9 Å². The quantitative estimate of drug-likeness (QED) is 0.755. The van der Waals surface area contributed by atoms with Crippen LogP contribution in [0.1, 0.15) is 40.6 Å². The number of nitrogens with one attached hydrogen (secondary N) is 1. The van der Waals surface area contributed by atoms with Crippen molar-refractivity contribution in [1.29, 1.82) is 0 Å². The number of H-pyrrole nitrogens is 1. The molecule has 1 N–H and O–H groups in total. The van der Waals surface area contributed by atoms with E-state index < -0.39 is 5.63 Å². The zero-order valence-electron chi connectivity index (χ0n) is 16.2. The summed E-state index contributed by atoms with van der Waals surface area (Å²) in [6, 6.07) is 10.0. The van der Waals surface area contributed by atoms with Gasteiger partial charge in [-0.15, -0.1) is 0 Å². The number of likely N-dealkylation sites (tertiary alicyclic amines) is 1. The van der Waals surface area contributed by atoms with E-state index in [0.717, 1.165) is 25.0 Å². The zero-order valence-corrected chi connectivity index (χ0v) is 16.2. The summed E-state index contributed by atoms with van der Waals surface area (Å²) in [7, 11) is 0. The second-order valence-electron chi connectivity index (χ2n) is 8.66. The molecule has 5 nitrogen and oxygen atoms in total. The van der Waals surface area contributed by atoms with Crippen molar-refractivity contribution in [2.75, 3.05) is 13.1 Å². The number of amides is 1. The van der Waals surface area contributed by atoms with Gasteiger partial charge in [-0.25, -0.2) is 4.79 Å². The van der Waals surface area contributed by atoms with Gasteiger partial charge in [0.25, 0.3) is 5.91 Å². The molecule has 2 fully saturated rings. The van der Waals surface area contributed by atoms with E-state index in [-0.39, 0.29) is 16.9 Å². The van der Waals surface area contributed by atoms with Crippen LogP contribution in [0, 0.1) is 18.3 Å². The van der Waals surface area contributed by atoms with Gasteiger partial charge in [0.05, 0.1) is 0 Å². The number of carbonyl (C=O) groups is 1. The highest BCUT2D eigenvalue weighted by molar-refractivity contribution is 5.95. The summed E-state index contributed by atoms with van der Waals surface area (Å²) in [5, 5.41) is 1.19. The van der Waals surface area contributed by atoms with Crippen LogP contribution >= 0.6 is 0 Å². The third kappa shape index (κ3) is 2.77. The summed E-state index contributed by atoms with van der Waals surface area (Å²) < 4.78 is 5.53. The molecule has 0 unspecified atom stereocenters. The largest absolute Gasteiger partial charge is 0.427 e. The predicted octanol–water partition coefficient (Wildman–Crippen LogP) is 3.70. The van der Waals surface area contributed by atoms with Crippen molar-refractivity contribution in [2.45, 2.75) is 33.1 Å². The number of hydrogen-bond donors (Lipinski definition) is 1. The fourth-order valence-corrected chi connectivity index (χ4v) is 4.71. The molecule has 0 spiro atoms. The lowest BCUT2D eigenvalue weighted by atomic mass is 10.0. The highest BCUT2D eigenvalue weighted by Gasteiger charge is 2.57. The van der Waals surface area contributed by atoms with Crippen molar-refractivity contribution in [3.8, 4) is 0 Å². The molecule has 1 amide bonds. The Bertz CT molecular complexity index is 1140. The van der Waals surface area contributed by atoms with Crippen molar-refractivity contribution >= 4 is 16.8 Å². The van der Waals surface area contributed by atoms with Crippen molar-refractivity contribution in [1.82, 2.24) is 9.88 Å². The molecule has 5 rings (SSSR count). The van der Waals surface area contributed by atoms with E-state index in [4.69, 9.17) is 4.42 Å². The number of aryl methyl sites for hydroxylation is 3. The van der Waals surface area contributed by atoms with Gasteiger partial charge >= 0.3 is 5.63 Å². The lowest BCUT2D eigenvalue weighted by Crippen LogP contribution is -2.35. The Kier molecular flexibility index (Phi) is 3.76. The summed E-state index contributed by atoms with van der Waals surface area (Å²) in [6.45, 7) is 5.56. The Morgan fingerprint density at radius 3 is 2.89 bits per heavy atom. The van der Waals surface area contributed by atoms with Gasteiger partial charge in [0.15, 0.2) is 0 Å². The number of fused-ring (bicyclic) bond motifs is 2. The van der Waals surface area contributed by atoms with Crippen molar-refractivity contribution < 1.29 is 9.21 Å². The standard InChI is InChI=1S/C23H24N2O3/c1-14-9-17(8-7-15-11-24-19-6-4-3-5-18(15)19)28-22(27)20(14)21(26)25-12-16-10-23(16,2)13-25/h3-6,9,11,16,24H,7-8,10,12-13H2,1-2H3/t16-,23+/m0/s1. The Morgan fingerprint density at radius 2 is 2.14 bits per heavy atom. The first-order valence-corrected chi connectivity index (χ1v) is 9.92. The monoisotopic (exact) mass is 376 g/mol. The molecule has 1 aliphatic heterocycles. The molecule has 3 heterocycles. The molecule has 0 bridgehead atoms. The van der Waals surface area contributed by atoms with Crippen LogP contribution in [0.3, 0.4) is 0 Å². The molecule has 5 heteroatoms. The van der Waals surface area contributed by atoms with Crippen LogP contribution in [0.2, 0.25) is 0 Å². The third-order valence-corrected chi connectivity index (χ3v) is 6.55. The van der Waals surface area contributed by atoms with Gasteiger partial charge in [-0.05, 0) is 54.4 Å². The Balaban J connectivity index is 1.34. The fraction of sp³-hybridized carbons (Fsp3) is 0.391. The normalized spacial score (nSPS) is 23.2. The lowest BCUT2D eigenvalue weighted by molar-refractivity contribution is 0.0761. The van der Waals surface area contributed by atoms with E-state index in [2.05, 4.69) is 18.0 Å². The molecule has 1 saturated carbocycles. The van der Waals surface area contributed by atoms with Crippen molar-refractivity contribution in [3.05, 3.63) is 69.4 Å². The van der Waals surface area contributed by atoms with E-state index in [1.807, 2.05) is 42.3 Å². The number of carbonyl (C=O) groups excluding carboxylic acids is 1. The number of benzene rings is 1. The maximum absolute atomic E-state index is 12.9. The van der Waals surface area contributed by atoms with Crippen molar-refractivity contribution in [2.24, 2.45) is 11.3 Å². The molecule has 28 heavy (non-hydrogen) atoms. The van der Waals surface area contributed by atoms with E-state index >= 15 is 0 Å². The van der Waals surface area contributed by atoms with Gasteiger partial charge < -0.3 is 14.3 Å². The fourth-order valence-electron chi connectivity index (χ4n) is 4.71. The highest BCUT2D eigenvalue weighted by atomic mass is 16.4. The van der Waals surface area contributed by atoms with Gasteiger partial charge in [0, 0.05) is 36.6 Å². The Morgan fingerprint density at radius 1 is 1.32 bits per heavy atom. The molecule has 144 valence electrons. The zero-order chi connectivity index (χ0) is 19.5. The van der Waals surface area contributed by atoms with Gasteiger partial charge in [0.2, 0.25) is 0 Å². The number of hydrogen-bond acceptors (Lipinski definition) is 3. The van der Waals surface area contributed by atoms with Gasteiger partial charge in [-0.2, -0.15) is 0 Å². The van der Waals surface area contributed by atoms with E-state index in [1.165, 1.54) is 17.4 Å². The minimum Gasteiger partial charge on any atom is -0.427 e. The molecule has 2 atom stereocenters. The molecular formula is C23H24N2O3. The molecule has 3 aromatic rings. The van der Waals surface area contributed by atoms with Gasteiger partial charge in [-0.1, -0.05) is 25.1 Å². The summed E-state index contributed by atoms with van der Waals surface area (Å²) in [5.41, 5.74) is 2.96. The van der Waals surface area contributed by atoms with Crippen LogP contribution in [-0.2, 0) is 12.8 Å². The smallest absolute Gasteiger partial charge is 0.349 e. The molecule has 1 aliphatic carbocycles. The maximum Gasteiger partial charge on any atom is 0.349 e. The molecule has 2 aromatic heterocycles. The second-order valence-corrected chi connectivity index (χ2v) is 8.66. The average Bonchev–Trinajstić information content (AvgIpc) is 3.00. The van der Waals surface area contributed by atoms with Gasteiger partial charge in [-0.3, -0.25) is 4.79 Å².